The van der Waals surface area contributed by atoms with Gasteiger partial charge in [-0.05, 0) is 21.6 Å². The van der Waals surface area contributed by atoms with E-state index in [0.717, 1.165) is 34.1 Å². The van der Waals surface area contributed by atoms with Crippen LogP contribution in [-0.2, 0) is 31.9 Å². The van der Waals surface area contributed by atoms with Gasteiger partial charge in [0, 0.05) is 24.0 Å². The third kappa shape index (κ3) is 20.5. The third-order valence-electron chi connectivity index (χ3n) is 1.79. The molecule has 0 aromatic heterocycles. The molecule has 0 saturated carbocycles. The van der Waals surface area contributed by atoms with Gasteiger partial charge in [0.1, 0.15) is 0 Å². The number of ether oxygens (including phenoxy) is 3. The molecule has 0 amide bonds. The van der Waals surface area contributed by atoms with E-state index in [1.807, 2.05) is 0 Å². The third-order valence-corrected chi connectivity index (χ3v) is 6.89. The summed E-state index contributed by atoms with van der Waals surface area (Å²) < 4.78 is 58.8. The maximum atomic E-state index is 10.8. The summed E-state index contributed by atoms with van der Waals surface area (Å²) in [6.45, 7) is 2.33. The molecule has 0 atom stereocenters. The zero-order chi connectivity index (χ0) is 16.2. The lowest BCUT2D eigenvalue weighted by molar-refractivity contribution is 0.0205. The van der Waals surface area contributed by atoms with Crippen LogP contribution in [0.5, 0.6) is 0 Å². The van der Waals surface area contributed by atoms with E-state index in [2.05, 4.69) is 0 Å². The minimum Gasteiger partial charge on any atom is -0.378 e. The van der Waals surface area contributed by atoms with Gasteiger partial charge in [0.05, 0.1) is 39.6 Å². The van der Waals surface area contributed by atoms with E-state index in [-0.39, 0.29) is 0 Å². The van der Waals surface area contributed by atoms with Crippen molar-refractivity contribution in [1.82, 2.24) is 0 Å². The van der Waals surface area contributed by atoms with Gasteiger partial charge in [0.25, 0.3) is 0 Å². The SMILES string of the molecule is CS(=O)(=O)SCCOCCOCCOCCSS(C)(=O)=O. The molecule has 128 valence electrons. The van der Waals surface area contributed by atoms with Crippen LogP contribution >= 0.6 is 21.6 Å². The van der Waals surface area contributed by atoms with Crippen molar-refractivity contribution < 1.29 is 31.0 Å². The van der Waals surface area contributed by atoms with Crippen LogP contribution in [-0.4, -0.2) is 80.5 Å². The Morgan fingerprint density at radius 2 is 0.905 bits per heavy atom. The summed E-state index contributed by atoms with van der Waals surface area (Å²) >= 11 is 0. The summed E-state index contributed by atoms with van der Waals surface area (Å²) in [5.74, 6) is 0.805. The fourth-order valence-corrected chi connectivity index (χ4v) is 4.23. The lowest BCUT2D eigenvalue weighted by Gasteiger charge is -2.06. The molecule has 21 heavy (non-hydrogen) atoms. The molecule has 0 aliphatic heterocycles. The van der Waals surface area contributed by atoms with Crippen molar-refractivity contribution in [2.45, 2.75) is 0 Å². The van der Waals surface area contributed by atoms with Gasteiger partial charge in [-0.2, -0.15) is 0 Å². The van der Waals surface area contributed by atoms with Crippen molar-refractivity contribution in [3.8, 4) is 0 Å². The highest BCUT2D eigenvalue weighted by Gasteiger charge is 2.02. The Morgan fingerprint density at radius 1 is 0.619 bits per heavy atom. The fourth-order valence-electron chi connectivity index (χ4n) is 1.03. The van der Waals surface area contributed by atoms with Gasteiger partial charge in [-0.3, -0.25) is 0 Å². The molecule has 0 aliphatic carbocycles. The van der Waals surface area contributed by atoms with E-state index in [4.69, 9.17) is 14.2 Å². The lowest BCUT2D eigenvalue weighted by atomic mass is 10.7. The number of hydrogen-bond acceptors (Lipinski definition) is 9. The normalized spacial score (nSPS) is 12.7. The topological polar surface area (TPSA) is 96.0 Å². The lowest BCUT2D eigenvalue weighted by Crippen LogP contribution is -2.11. The molecule has 0 aromatic rings. The summed E-state index contributed by atoms with van der Waals surface area (Å²) in [4.78, 5) is 0. The Labute approximate surface area is 134 Å². The van der Waals surface area contributed by atoms with Crippen LogP contribution in [0.3, 0.4) is 0 Å². The molecular weight excluding hydrogens is 360 g/mol. The first-order valence-electron chi connectivity index (χ1n) is 6.13. The fraction of sp³-hybridized carbons (Fsp3) is 1.00. The van der Waals surface area contributed by atoms with Crippen LogP contribution in [0.25, 0.3) is 0 Å². The molecule has 0 radical (unpaired) electrons. The zero-order valence-electron chi connectivity index (χ0n) is 12.1. The van der Waals surface area contributed by atoms with Crippen molar-refractivity contribution in [3.63, 3.8) is 0 Å². The van der Waals surface area contributed by atoms with E-state index in [0.29, 0.717) is 51.1 Å². The predicted molar refractivity (Wildman–Crippen MR) is 87.1 cm³/mol. The largest absolute Gasteiger partial charge is 0.378 e. The zero-order valence-corrected chi connectivity index (χ0v) is 15.4. The maximum Gasteiger partial charge on any atom is 0.198 e. The molecule has 0 unspecified atom stereocenters. The van der Waals surface area contributed by atoms with E-state index in [9.17, 15) is 16.8 Å². The van der Waals surface area contributed by atoms with Crippen LogP contribution in [0, 0.1) is 0 Å². The highest BCUT2D eigenvalue weighted by atomic mass is 33.1. The van der Waals surface area contributed by atoms with Gasteiger partial charge in [-0.15, -0.1) is 0 Å². The second kappa shape index (κ2) is 12.0. The van der Waals surface area contributed by atoms with Crippen LogP contribution < -0.4 is 0 Å². The Bertz CT molecular complexity index is 404. The van der Waals surface area contributed by atoms with Crippen molar-refractivity contribution >= 4 is 39.3 Å². The van der Waals surface area contributed by atoms with E-state index in [1.54, 1.807) is 0 Å². The summed E-state index contributed by atoms with van der Waals surface area (Å²) in [6.07, 6.45) is 2.32. The van der Waals surface area contributed by atoms with Gasteiger partial charge in [-0.25, -0.2) is 16.8 Å². The van der Waals surface area contributed by atoms with Gasteiger partial charge < -0.3 is 14.2 Å². The maximum absolute atomic E-state index is 10.8. The monoisotopic (exact) mass is 382 g/mol. The Hall–Kier alpha value is 0.480. The molecule has 0 aliphatic rings. The molecule has 0 fully saturated rings. The Morgan fingerprint density at radius 3 is 1.19 bits per heavy atom. The van der Waals surface area contributed by atoms with Crippen molar-refractivity contribution in [1.29, 1.82) is 0 Å². The van der Waals surface area contributed by atoms with Crippen LogP contribution in [0.15, 0.2) is 0 Å². The Kier molecular flexibility index (Phi) is 12.2. The second-order valence-corrected chi connectivity index (χ2v) is 13.0. The summed E-state index contributed by atoms with van der Waals surface area (Å²) in [5, 5.41) is 0. The van der Waals surface area contributed by atoms with E-state index in [1.165, 1.54) is 0 Å². The molecule has 0 rings (SSSR count). The van der Waals surface area contributed by atoms with Crippen molar-refractivity contribution in [2.24, 2.45) is 0 Å². The summed E-state index contributed by atoms with van der Waals surface area (Å²) in [5.41, 5.74) is 0. The molecule has 0 saturated heterocycles. The summed E-state index contributed by atoms with van der Waals surface area (Å²) in [7, 11) is -4.28. The molecule has 11 heteroatoms. The highest BCUT2D eigenvalue weighted by molar-refractivity contribution is 8.72. The molecule has 0 N–H and O–H groups in total. The smallest absolute Gasteiger partial charge is 0.198 e. The van der Waals surface area contributed by atoms with E-state index < -0.39 is 17.7 Å². The minimum atomic E-state index is -3.00. The average molecular weight is 383 g/mol. The van der Waals surface area contributed by atoms with Crippen LogP contribution in [0.4, 0.5) is 0 Å². The molecule has 0 heterocycles. The van der Waals surface area contributed by atoms with Gasteiger partial charge in [0.2, 0.25) is 0 Å². The van der Waals surface area contributed by atoms with Crippen LogP contribution in [0.1, 0.15) is 0 Å². The standard InChI is InChI=1S/C10H22O7S4/c1-20(11,12)18-9-7-16-5-3-15-4-6-17-8-10-19-21(2,13)14/h3-10H2,1-2H3. The predicted octanol–water partition coefficient (Wildman–Crippen LogP) is 0.422. The van der Waals surface area contributed by atoms with Gasteiger partial charge in [-0.1, -0.05) is 0 Å². The van der Waals surface area contributed by atoms with Crippen LogP contribution in [0.2, 0.25) is 0 Å². The first kappa shape index (κ1) is 21.5. The Balaban J connectivity index is 3.16. The first-order chi connectivity index (χ1) is 9.71. The quantitative estimate of drug-likeness (QED) is 0.313. The molecule has 7 nitrogen and oxygen atoms in total. The number of hydrogen-bond donors (Lipinski definition) is 0. The molecule has 0 spiro atoms. The molecular formula is C10H22O7S4. The molecule has 0 aromatic carbocycles. The van der Waals surface area contributed by atoms with E-state index >= 15 is 0 Å². The van der Waals surface area contributed by atoms with Crippen molar-refractivity contribution in [2.75, 3.05) is 63.7 Å². The highest BCUT2D eigenvalue weighted by Crippen LogP contribution is 2.08. The number of rotatable bonds is 14. The summed E-state index contributed by atoms with van der Waals surface area (Å²) in [6, 6.07) is 0. The molecule has 0 bridgehead atoms. The average Bonchev–Trinajstić information content (AvgIpc) is 2.32. The van der Waals surface area contributed by atoms with Gasteiger partial charge in [0.15, 0.2) is 17.7 Å². The second-order valence-electron chi connectivity index (χ2n) is 3.89. The minimum absolute atomic E-state index is 0.361. The van der Waals surface area contributed by atoms with Crippen molar-refractivity contribution in [3.05, 3.63) is 0 Å². The first-order valence-corrected chi connectivity index (χ1v) is 12.9. The van der Waals surface area contributed by atoms with Gasteiger partial charge >= 0.3 is 0 Å².